The first-order valence-electron chi connectivity index (χ1n) is 5.80. The maximum Gasteiger partial charge on any atom is 0.116 e. The zero-order valence-electron chi connectivity index (χ0n) is 10.4. The normalized spacial score (nSPS) is 18.6. The molecule has 0 spiro atoms. The number of hydrogen-bond acceptors (Lipinski definition) is 2. The summed E-state index contributed by atoms with van der Waals surface area (Å²) >= 11 is 0. The van der Waals surface area contributed by atoms with Gasteiger partial charge in [0.25, 0.3) is 0 Å². The molecule has 0 aliphatic rings. The lowest BCUT2D eigenvalue weighted by molar-refractivity contribution is -0.0394. The van der Waals surface area contributed by atoms with E-state index >= 15 is 0 Å². The summed E-state index contributed by atoms with van der Waals surface area (Å²) in [5, 5.41) is 10.2. The Balaban J connectivity index is 4.32. The van der Waals surface area contributed by atoms with Gasteiger partial charge in [-0.1, -0.05) is 34.6 Å². The van der Waals surface area contributed by atoms with Crippen molar-refractivity contribution in [2.24, 2.45) is 23.5 Å². The van der Waals surface area contributed by atoms with Gasteiger partial charge in [0.2, 0.25) is 0 Å². The number of nitrogens with two attached hydrogens (primary N) is 1. The monoisotopic (exact) mass is 201 g/mol. The molecule has 0 aliphatic heterocycles. The third-order valence-corrected chi connectivity index (χ3v) is 2.69. The molecule has 0 saturated heterocycles. The van der Waals surface area contributed by atoms with Gasteiger partial charge < -0.3 is 10.8 Å². The first kappa shape index (κ1) is 13.9. The fourth-order valence-corrected chi connectivity index (χ4v) is 2.11. The predicted molar refractivity (Wildman–Crippen MR) is 61.8 cm³/mol. The van der Waals surface area contributed by atoms with E-state index < -0.39 is 5.72 Å². The summed E-state index contributed by atoms with van der Waals surface area (Å²) in [4.78, 5) is 0. The van der Waals surface area contributed by atoms with Crippen LogP contribution in [0.1, 0.15) is 53.9 Å². The lowest BCUT2D eigenvalue weighted by Crippen LogP contribution is -2.48. The molecule has 86 valence electrons. The molecule has 0 rings (SSSR count). The van der Waals surface area contributed by atoms with Crippen LogP contribution in [0.25, 0.3) is 0 Å². The van der Waals surface area contributed by atoms with E-state index in [1.54, 1.807) is 0 Å². The van der Waals surface area contributed by atoms with E-state index in [1.807, 2.05) is 0 Å². The Kier molecular flexibility index (Phi) is 5.68. The van der Waals surface area contributed by atoms with Crippen LogP contribution in [-0.2, 0) is 0 Å². The van der Waals surface area contributed by atoms with Crippen LogP contribution in [0.3, 0.4) is 0 Å². The summed E-state index contributed by atoms with van der Waals surface area (Å²) in [5.41, 5.74) is 5.00. The Labute approximate surface area is 88.9 Å². The molecule has 2 atom stereocenters. The Bertz CT molecular complexity index is 152. The molecule has 0 amide bonds. The van der Waals surface area contributed by atoms with Crippen molar-refractivity contribution in [3.8, 4) is 0 Å². The van der Waals surface area contributed by atoms with Crippen LogP contribution in [0.15, 0.2) is 0 Å². The predicted octanol–water partition coefficient (Wildman–Crippen LogP) is 2.75. The van der Waals surface area contributed by atoms with Gasteiger partial charge in [0.05, 0.1) is 0 Å². The van der Waals surface area contributed by atoms with Gasteiger partial charge in [-0.15, -0.1) is 0 Å². The van der Waals surface area contributed by atoms with Crippen LogP contribution in [0.4, 0.5) is 0 Å². The van der Waals surface area contributed by atoms with Crippen LogP contribution in [0.2, 0.25) is 0 Å². The van der Waals surface area contributed by atoms with Gasteiger partial charge in [-0.05, 0) is 31.1 Å². The molecule has 0 aromatic heterocycles. The lowest BCUT2D eigenvalue weighted by atomic mass is 9.82. The molecule has 2 heteroatoms. The average molecular weight is 201 g/mol. The molecule has 0 aromatic rings. The SMILES string of the molecule is CCC(CC(C)C)C(N)(O)CC(C)C. The summed E-state index contributed by atoms with van der Waals surface area (Å²) in [6, 6.07) is 0. The molecule has 3 N–H and O–H groups in total. The van der Waals surface area contributed by atoms with Crippen LogP contribution in [0.5, 0.6) is 0 Å². The molecule has 0 saturated carbocycles. The highest BCUT2D eigenvalue weighted by Crippen LogP contribution is 2.28. The van der Waals surface area contributed by atoms with Gasteiger partial charge in [0.1, 0.15) is 5.72 Å². The lowest BCUT2D eigenvalue weighted by Gasteiger charge is -2.34. The van der Waals surface area contributed by atoms with Crippen LogP contribution in [0, 0.1) is 17.8 Å². The summed E-state index contributed by atoms with van der Waals surface area (Å²) in [6.45, 7) is 10.6. The number of aliphatic hydroxyl groups is 1. The topological polar surface area (TPSA) is 46.2 Å². The highest BCUT2D eigenvalue weighted by Gasteiger charge is 2.32. The van der Waals surface area contributed by atoms with Crippen molar-refractivity contribution in [1.29, 1.82) is 0 Å². The molecule has 0 bridgehead atoms. The van der Waals surface area contributed by atoms with E-state index in [1.165, 1.54) is 0 Å². The highest BCUT2D eigenvalue weighted by atomic mass is 16.3. The zero-order chi connectivity index (χ0) is 11.4. The van der Waals surface area contributed by atoms with Gasteiger partial charge in [0.15, 0.2) is 0 Å². The van der Waals surface area contributed by atoms with E-state index in [9.17, 15) is 5.11 Å². The van der Waals surface area contributed by atoms with Gasteiger partial charge in [-0.2, -0.15) is 0 Å². The minimum Gasteiger partial charge on any atom is -0.376 e. The number of hydrogen-bond donors (Lipinski definition) is 2. The van der Waals surface area contributed by atoms with E-state index in [0.717, 1.165) is 12.8 Å². The molecule has 2 unspecified atom stereocenters. The van der Waals surface area contributed by atoms with Crippen LogP contribution >= 0.6 is 0 Å². The summed E-state index contributed by atoms with van der Waals surface area (Å²) in [7, 11) is 0. The van der Waals surface area contributed by atoms with Crippen molar-refractivity contribution in [3.05, 3.63) is 0 Å². The minimum absolute atomic E-state index is 0.227. The fraction of sp³-hybridized carbons (Fsp3) is 1.00. The van der Waals surface area contributed by atoms with E-state index in [2.05, 4.69) is 34.6 Å². The summed E-state index contributed by atoms with van der Waals surface area (Å²) in [5.74, 6) is 1.28. The van der Waals surface area contributed by atoms with Gasteiger partial charge in [0, 0.05) is 5.92 Å². The van der Waals surface area contributed by atoms with E-state index in [0.29, 0.717) is 18.3 Å². The maximum atomic E-state index is 10.2. The summed E-state index contributed by atoms with van der Waals surface area (Å²) in [6.07, 6.45) is 2.66. The molecule has 14 heavy (non-hydrogen) atoms. The third kappa shape index (κ3) is 4.97. The molecule has 0 fully saturated rings. The third-order valence-electron chi connectivity index (χ3n) is 2.69. The second kappa shape index (κ2) is 5.72. The Hall–Kier alpha value is -0.0800. The highest BCUT2D eigenvalue weighted by molar-refractivity contribution is 4.81. The van der Waals surface area contributed by atoms with Gasteiger partial charge >= 0.3 is 0 Å². The first-order valence-corrected chi connectivity index (χ1v) is 5.80. The second-order valence-electron chi connectivity index (χ2n) is 5.32. The molecule has 0 aliphatic carbocycles. The second-order valence-corrected chi connectivity index (χ2v) is 5.32. The van der Waals surface area contributed by atoms with Crippen molar-refractivity contribution in [3.63, 3.8) is 0 Å². The number of rotatable bonds is 6. The Morgan fingerprint density at radius 3 is 1.93 bits per heavy atom. The average Bonchev–Trinajstić information content (AvgIpc) is 1.96. The van der Waals surface area contributed by atoms with Crippen molar-refractivity contribution >= 4 is 0 Å². The van der Waals surface area contributed by atoms with Crippen LogP contribution in [-0.4, -0.2) is 10.8 Å². The quantitative estimate of drug-likeness (QED) is 0.649. The van der Waals surface area contributed by atoms with Gasteiger partial charge in [-0.25, -0.2) is 0 Å². The largest absolute Gasteiger partial charge is 0.376 e. The van der Waals surface area contributed by atoms with E-state index in [4.69, 9.17) is 5.73 Å². The smallest absolute Gasteiger partial charge is 0.116 e. The van der Waals surface area contributed by atoms with Crippen molar-refractivity contribution < 1.29 is 5.11 Å². The van der Waals surface area contributed by atoms with Gasteiger partial charge in [-0.3, -0.25) is 0 Å². The summed E-state index contributed by atoms with van der Waals surface area (Å²) < 4.78 is 0. The van der Waals surface area contributed by atoms with Crippen molar-refractivity contribution in [2.75, 3.05) is 0 Å². The molecular formula is C12H27NO. The first-order chi connectivity index (χ1) is 6.29. The minimum atomic E-state index is -0.979. The molecule has 2 nitrogen and oxygen atoms in total. The van der Waals surface area contributed by atoms with Crippen molar-refractivity contribution in [2.45, 2.75) is 59.6 Å². The Morgan fingerprint density at radius 2 is 1.64 bits per heavy atom. The van der Waals surface area contributed by atoms with Crippen molar-refractivity contribution in [1.82, 2.24) is 0 Å². The fourth-order valence-electron chi connectivity index (χ4n) is 2.11. The van der Waals surface area contributed by atoms with E-state index in [-0.39, 0.29) is 5.92 Å². The molecule has 0 radical (unpaired) electrons. The molecule has 0 aromatic carbocycles. The zero-order valence-corrected chi connectivity index (χ0v) is 10.4. The molecule has 0 heterocycles. The maximum absolute atomic E-state index is 10.2. The molecular weight excluding hydrogens is 174 g/mol. The standard InChI is InChI=1S/C12H27NO/c1-6-11(7-9(2)3)12(13,14)8-10(4)5/h9-11,14H,6-8,13H2,1-5H3. The van der Waals surface area contributed by atoms with Crippen LogP contribution < -0.4 is 5.73 Å². The Morgan fingerprint density at radius 1 is 1.14 bits per heavy atom.